The van der Waals surface area contributed by atoms with Crippen molar-refractivity contribution in [1.82, 2.24) is 15.1 Å². The third kappa shape index (κ3) is 3.49. The van der Waals surface area contributed by atoms with Crippen LogP contribution in [0.4, 0.5) is 0 Å². The average molecular weight is 242 g/mol. The fraction of sp³-hybridized carbons (Fsp3) is 0.750. The van der Waals surface area contributed by atoms with Crippen LogP contribution < -0.4 is 5.32 Å². The maximum absolute atomic E-state index is 6.08. The Labute approximate surface area is 102 Å². The molecule has 0 unspecified atom stereocenters. The lowest BCUT2D eigenvalue weighted by molar-refractivity contribution is 0.345. The van der Waals surface area contributed by atoms with Crippen molar-refractivity contribution in [2.24, 2.45) is 13.0 Å². The summed E-state index contributed by atoms with van der Waals surface area (Å²) in [6.45, 7) is 1.97. The van der Waals surface area contributed by atoms with E-state index in [1.54, 1.807) is 0 Å². The maximum atomic E-state index is 6.08. The monoisotopic (exact) mass is 241 g/mol. The van der Waals surface area contributed by atoms with Gasteiger partial charge < -0.3 is 5.32 Å². The van der Waals surface area contributed by atoms with E-state index in [4.69, 9.17) is 11.6 Å². The van der Waals surface area contributed by atoms with Gasteiger partial charge in [0.25, 0.3) is 0 Å². The molecular formula is C12H20ClN3. The Bertz CT molecular complexity index is 316. The van der Waals surface area contributed by atoms with Gasteiger partial charge in [0.05, 0.1) is 5.69 Å². The highest BCUT2D eigenvalue weighted by molar-refractivity contribution is 6.20. The highest BCUT2D eigenvalue weighted by atomic mass is 35.5. The third-order valence-electron chi connectivity index (χ3n) is 3.28. The molecule has 1 fully saturated rings. The lowest BCUT2D eigenvalue weighted by atomic mass is 9.89. The zero-order chi connectivity index (χ0) is 11.4. The molecule has 0 amide bonds. The van der Waals surface area contributed by atoms with Crippen molar-refractivity contribution in [3.8, 4) is 0 Å². The van der Waals surface area contributed by atoms with Crippen molar-refractivity contribution in [3.63, 3.8) is 0 Å². The number of alkyl halides is 1. The van der Waals surface area contributed by atoms with Gasteiger partial charge in [0.15, 0.2) is 0 Å². The molecule has 0 aliphatic heterocycles. The van der Waals surface area contributed by atoms with Gasteiger partial charge in [0, 0.05) is 25.2 Å². The molecule has 2 rings (SSSR count). The van der Waals surface area contributed by atoms with Crippen molar-refractivity contribution < 1.29 is 0 Å². The van der Waals surface area contributed by atoms with Gasteiger partial charge in [-0.15, -0.1) is 11.6 Å². The molecule has 0 spiro atoms. The van der Waals surface area contributed by atoms with E-state index in [9.17, 15) is 0 Å². The molecule has 4 heteroatoms. The van der Waals surface area contributed by atoms with E-state index in [1.165, 1.54) is 25.7 Å². The number of aromatic nitrogens is 2. The Hall–Kier alpha value is -0.540. The molecule has 0 atom stereocenters. The minimum atomic E-state index is 0.423. The number of halogens is 1. The molecule has 0 bridgehead atoms. The molecule has 90 valence electrons. The van der Waals surface area contributed by atoms with Crippen LogP contribution in [0.2, 0.25) is 0 Å². The van der Waals surface area contributed by atoms with Crippen molar-refractivity contribution in [1.29, 1.82) is 0 Å². The molecular weight excluding hydrogens is 222 g/mol. The predicted molar refractivity (Wildman–Crippen MR) is 66.5 cm³/mol. The van der Waals surface area contributed by atoms with Crippen LogP contribution in [0.25, 0.3) is 0 Å². The van der Waals surface area contributed by atoms with E-state index >= 15 is 0 Å². The van der Waals surface area contributed by atoms with Crippen LogP contribution in [-0.4, -0.2) is 21.7 Å². The van der Waals surface area contributed by atoms with Crippen LogP contribution in [0.3, 0.4) is 0 Å². The van der Waals surface area contributed by atoms with Crippen LogP contribution >= 0.6 is 11.6 Å². The summed E-state index contributed by atoms with van der Waals surface area (Å²) in [7, 11) is 1.95. The quantitative estimate of drug-likeness (QED) is 0.820. The Morgan fingerprint density at radius 1 is 1.44 bits per heavy atom. The molecule has 1 aliphatic carbocycles. The summed E-state index contributed by atoms with van der Waals surface area (Å²) in [6.07, 6.45) is 6.87. The zero-order valence-electron chi connectivity index (χ0n) is 9.82. The Balaban J connectivity index is 1.64. The molecule has 1 aromatic heterocycles. The molecule has 0 aromatic carbocycles. The summed E-state index contributed by atoms with van der Waals surface area (Å²) in [5.74, 6) is 0.804. The van der Waals surface area contributed by atoms with E-state index in [-0.39, 0.29) is 0 Å². The molecule has 1 aliphatic rings. The average Bonchev–Trinajstić information content (AvgIpc) is 2.67. The molecule has 0 radical (unpaired) electrons. The topological polar surface area (TPSA) is 29.9 Å². The number of aryl methyl sites for hydroxylation is 1. The number of hydrogen-bond acceptors (Lipinski definition) is 2. The number of nitrogens with zero attached hydrogens (tertiary/aromatic N) is 2. The first kappa shape index (κ1) is 11.9. The van der Waals surface area contributed by atoms with Crippen LogP contribution in [0, 0.1) is 5.92 Å². The normalized spacial score (nSPS) is 25.9. The molecule has 1 aromatic rings. The first-order valence-corrected chi connectivity index (χ1v) is 6.51. The van der Waals surface area contributed by atoms with Gasteiger partial charge in [-0.3, -0.25) is 4.68 Å². The lowest BCUT2D eigenvalue weighted by Crippen LogP contribution is -2.26. The second-order valence-corrected chi connectivity index (χ2v) is 5.35. The summed E-state index contributed by atoms with van der Waals surface area (Å²) < 4.78 is 1.84. The summed E-state index contributed by atoms with van der Waals surface area (Å²) in [5, 5.41) is 8.24. The van der Waals surface area contributed by atoms with E-state index < -0.39 is 0 Å². The third-order valence-corrected chi connectivity index (χ3v) is 3.72. The van der Waals surface area contributed by atoms with E-state index in [2.05, 4.69) is 16.5 Å². The summed E-state index contributed by atoms with van der Waals surface area (Å²) in [4.78, 5) is 0. The Kier molecular flexibility index (Phi) is 4.24. The fourth-order valence-electron chi connectivity index (χ4n) is 2.29. The lowest BCUT2D eigenvalue weighted by Gasteiger charge is -2.24. The van der Waals surface area contributed by atoms with Gasteiger partial charge >= 0.3 is 0 Å². The van der Waals surface area contributed by atoms with Crippen LogP contribution in [0.1, 0.15) is 31.4 Å². The van der Waals surface area contributed by atoms with Crippen molar-refractivity contribution in [3.05, 3.63) is 18.0 Å². The maximum Gasteiger partial charge on any atom is 0.0762 e. The van der Waals surface area contributed by atoms with Gasteiger partial charge in [-0.25, -0.2) is 0 Å². The van der Waals surface area contributed by atoms with Gasteiger partial charge in [0.2, 0.25) is 0 Å². The minimum Gasteiger partial charge on any atom is -0.311 e. The van der Waals surface area contributed by atoms with Crippen molar-refractivity contribution in [2.75, 3.05) is 6.54 Å². The largest absolute Gasteiger partial charge is 0.311 e. The van der Waals surface area contributed by atoms with E-state index in [0.717, 1.165) is 24.7 Å². The first-order valence-electron chi connectivity index (χ1n) is 6.07. The van der Waals surface area contributed by atoms with Gasteiger partial charge in [0.1, 0.15) is 0 Å². The molecule has 16 heavy (non-hydrogen) atoms. The molecule has 0 saturated heterocycles. The Morgan fingerprint density at radius 3 is 2.81 bits per heavy atom. The molecule has 1 saturated carbocycles. The second-order valence-electron chi connectivity index (χ2n) is 4.73. The van der Waals surface area contributed by atoms with Gasteiger partial charge in [-0.1, -0.05) is 0 Å². The SMILES string of the molecule is Cn1ccc(CNCC2CCC(Cl)CC2)n1. The zero-order valence-corrected chi connectivity index (χ0v) is 10.6. The summed E-state index contributed by atoms with van der Waals surface area (Å²) in [6, 6.07) is 2.06. The number of hydrogen-bond donors (Lipinski definition) is 1. The Morgan fingerprint density at radius 2 is 2.19 bits per heavy atom. The first-order chi connectivity index (χ1) is 7.74. The summed E-state index contributed by atoms with van der Waals surface area (Å²) >= 11 is 6.08. The predicted octanol–water partition coefficient (Wildman–Crippen LogP) is 2.31. The van der Waals surface area contributed by atoms with Crippen LogP contribution in [0.15, 0.2) is 12.3 Å². The van der Waals surface area contributed by atoms with E-state index in [0.29, 0.717) is 5.38 Å². The molecule has 1 N–H and O–H groups in total. The highest BCUT2D eigenvalue weighted by Gasteiger charge is 2.18. The standard InChI is InChI=1S/C12H20ClN3/c1-16-7-6-12(15-16)9-14-8-10-2-4-11(13)5-3-10/h6-7,10-11,14H,2-5,8-9H2,1H3. The van der Waals surface area contributed by atoms with Crippen LogP contribution in [-0.2, 0) is 13.6 Å². The van der Waals surface area contributed by atoms with Crippen molar-refractivity contribution in [2.45, 2.75) is 37.6 Å². The molecule has 3 nitrogen and oxygen atoms in total. The fourth-order valence-corrected chi connectivity index (χ4v) is 2.54. The highest BCUT2D eigenvalue weighted by Crippen LogP contribution is 2.26. The van der Waals surface area contributed by atoms with E-state index in [1.807, 2.05) is 17.9 Å². The van der Waals surface area contributed by atoms with Crippen molar-refractivity contribution >= 4 is 11.6 Å². The summed E-state index contributed by atoms with van der Waals surface area (Å²) in [5.41, 5.74) is 1.12. The van der Waals surface area contributed by atoms with Gasteiger partial charge in [-0.2, -0.15) is 5.10 Å². The molecule has 1 heterocycles. The second kappa shape index (κ2) is 5.69. The van der Waals surface area contributed by atoms with Crippen LogP contribution in [0.5, 0.6) is 0 Å². The van der Waals surface area contributed by atoms with Gasteiger partial charge in [-0.05, 0) is 44.2 Å². The smallest absolute Gasteiger partial charge is 0.0762 e. The number of rotatable bonds is 4. The number of nitrogens with one attached hydrogen (secondary N) is 1. The minimum absolute atomic E-state index is 0.423.